The van der Waals surface area contributed by atoms with Crippen molar-refractivity contribution in [3.8, 4) is 0 Å². The first-order valence-electron chi connectivity index (χ1n) is 8.92. The van der Waals surface area contributed by atoms with Gasteiger partial charge in [0.1, 0.15) is 11.0 Å². The van der Waals surface area contributed by atoms with E-state index in [0.29, 0.717) is 10.2 Å². The van der Waals surface area contributed by atoms with Crippen LogP contribution in [0.4, 0.5) is 5.82 Å². The Morgan fingerprint density at radius 3 is 1.67 bits per heavy atom. The minimum absolute atomic E-state index is 0.356. The van der Waals surface area contributed by atoms with Gasteiger partial charge in [-0.2, -0.15) is 0 Å². The van der Waals surface area contributed by atoms with Gasteiger partial charge in [0.05, 0.1) is 10.0 Å². The molecule has 0 aliphatic carbocycles. The van der Waals surface area contributed by atoms with Crippen LogP contribution in [-0.2, 0) is 0 Å². The molecule has 4 heterocycles. The fourth-order valence-electron chi connectivity index (χ4n) is 2.46. The molecule has 9 heteroatoms. The van der Waals surface area contributed by atoms with Gasteiger partial charge in [-0.05, 0) is 24.3 Å². The summed E-state index contributed by atoms with van der Waals surface area (Å²) in [5, 5.41) is 11.3. The Balaban J connectivity index is 0.000000159. The average molecular weight is 432 g/mol. The number of hydrogen-bond donors (Lipinski definition) is 3. The zero-order chi connectivity index (χ0) is 19.3. The standard InChI is InChI=1S/C9H12ClN3.C5H3Cl2N.C4H10N2/c10-8-2-1-3-12-9(8)13-6-4-11-5-7-13;6-4-2-1-3-8-5(4)7;1-2-6-4-3-5-1/h1-3,11H,4-7H2;1-3H;5-6H,1-4H2. The van der Waals surface area contributed by atoms with E-state index >= 15 is 0 Å². The van der Waals surface area contributed by atoms with Crippen molar-refractivity contribution < 1.29 is 0 Å². The van der Waals surface area contributed by atoms with Crippen LogP contribution in [0.15, 0.2) is 36.7 Å². The van der Waals surface area contributed by atoms with Crippen LogP contribution in [0.3, 0.4) is 0 Å². The van der Waals surface area contributed by atoms with Gasteiger partial charge in [-0.15, -0.1) is 0 Å². The average Bonchev–Trinajstić information content (AvgIpc) is 2.73. The highest BCUT2D eigenvalue weighted by Crippen LogP contribution is 2.22. The maximum Gasteiger partial charge on any atom is 0.147 e. The first-order valence-corrected chi connectivity index (χ1v) is 10.1. The van der Waals surface area contributed by atoms with Gasteiger partial charge in [0, 0.05) is 64.8 Å². The Hall–Kier alpha value is -1.15. The molecular weight excluding hydrogens is 407 g/mol. The first-order chi connectivity index (χ1) is 13.2. The third kappa shape index (κ3) is 8.60. The molecule has 2 aromatic rings. The summed E-state index contributed by atoms with van der Waals surface area (Å²) < 4.78 is 0. The molecule has 0 spiro atoms. The second-order valence-electron chi connectivity index (χ2n) is 5.82. The van der Waals surface area contributed by atoms with Crippen LogP contribution < -0.4 is 20.9 Å². The molecule has 148 valence electrons. The first kappa shape index (κ1) is 22.1. The fourth-order valence-corrected chi connectivity index (χ4v) is 2.94. The molecule has 3 N–H and O–H groups in total. The van der Waals surface area contributed by atoms with Crippen molar-refractivity contribution in [1.82, 2.24) is 25.9 Å². The molecule has 2 fully saturated rings. The van der Waals surface area contributed by atoms with E-state index in [0.717, 1.165) is 63.2 Å². The van der Waals surface area contributed by atoms with Crippen LogP contribution in [0.1, 0.15) is 0 Å². The van der Waals surface area contributed by atoms with Crippen LogP contribution in [0.25, 0.3) is 0 Å². The number of aromatic nitrogens is 2. The number of halogens is 3. The third-order valence-electron chi connectivity index (χ3n) is 3.83. The minimum Gasteiger partial charge on any atom is -0.353 e. The zero-order valence-electron chi connectivity index (χ0n) is 15.1. The van der Waals surface area contributed by atoms with Crippen molar-refractivity contribution in [2.45, 2.75) is 0 Å². The minimum atomic E-state index is 0.356. The highest BCUT2D eigenvalue weighted by Gasteiger charge is 2.13. The monoisotopic (exact) mass is 430 g/mol. The van der Waals surface area contributed by atoms with Crippen molar-refractivity contribution in [3.05, 3.63) is 51.9 Å². The van der Waals surface area contributed by atoms with Crippen molar-refractivity contribution in [1.29, 1.82) is 0 Å². The van der Waals surface area contributed by atoms with E-state index in [1.165, 1.54) is 0 Å². The predicted molar refractivity (Wildman–Crippen MR) is 114 cm³/mol. The SMILES string of the molecule is C1CNCCN1.Clc1cccnc1Cl.Clc1cccnc1N1CCNCC1. The largest absolute Gasteiger partial charge is 0.353 e. The second kappa shape index (κ2) is 13.1. The molecular formula is C18H25Cl3N6. The number of nitrogens with zero attached hydrogens (tertiary/aromatic N) is 3. The lowest BCUT2D eigenvalue weighted by molar-refractivity contribution is 0.534. The zero-order valence-corrected chi connectivity index (χ0v) is 17.4. The summed E-state index contributed by atoms with van der Waals surface area (Å²) in [6, 6.07) is 7.16. The Morgan fingerprint density at radius 1 is 0.704 bits per heavy atom. The van der Waals surface area contributed by atoms with Crippen LogP contribution >= 0.6 is 34.8 Å². The van der Waals surface area contributed by atoms with E-state index in [1.54, 1.807) is 24.5 Å². The quantitative estimate of drug-likeness (QED) is 0.603. The fraction of sp³-hybridized carbons (Fsp3) is 0.444. The lowest BCUT2D eigenvalue weighted by Gasteiger charge is -2.28. The molecule has 4 rings (SSSR count). The van der Waals surface area contributed by atoms with E-state index in [9.17, 15) is 0 Å². The number of anilines is 1. The Labute approximate surface area is 175 Å². The van der Waals surface area contributed by atoms with Crippen molar-refractivity contribution in [2.75, 3.05) is 57.3 Å². The van der Waals surface area contributed by atoms with Crippen molar-refractivity contribution >= 4 is 40.6 Å². The van der Waals surface area contributed by atoms with Crippen LogP contribution in [0, 0.1) is 0 Å². The molecule has 2 aliphatic heterocycles. The third-order valence-corrected chi connectivity index (χ3v) is 4.82. The lowest BCUT2D eigenvalue weighted by Crippen LogP contribution is -2.44. The smallest absolute Gasteiger partial charge is 0.147 e. The summed E-state index contributed by atoms with van der Waals surface area (Å²) in [5.74, 6) is 0.908. The highest BCUT2D eigenvalue weighted by atomic mass is 35.5. The van der Waals surface area contributed by atoms with Gasteiger partial charge >= 0.3 is 0 Å². The molecule has 6 nitrogen and oxygen atoms in total. The van der Waals surface area contributed by atoms with Gasteiger partial charge in [0.25, 0.3) is 0 Å². The normalized spacial score (nSPS) is 16.5. The number of piperazine rings is 2. The van der Waals surface area contributed by atoms with E-state index in [1.807, 2.05) is 12.1 Å². The number of rotatable bonds is 1. The molecule has 2 saturated heterocycles. The molecule has 0 aromatic carbocycles. The molecule has 0 bridgehead atoms. The Morgan fingerprint density at radius 2 is 1.22 bits per heavy atom. The predicted octanol–water partition coefficient (Wildman–Crippen LogP) is 2.71. The summed E-state index contributed by atoms with van der Waals surface area (Å²) >= 11 is 17.0. The van der Waals surface area contributed by atoms with Gasteiger partial charge in [-0.1, -0.05) is 34.8 Å². The van der Waals surface area contributed by atoms with Gasteiger partial charge < -0.3 is 20.9 Å². The number of hydrogen-bond acceptors (Lipinski definition) is 6. The molecule has 0 atom stereocenters. The van der Waals surface area contributed by atoms with E-state index < -0.39 is 0 Å². The second-order valence-corrected chi connectivity index (χ2v) is 6.99. The summed E-state index contributed by atoms with van der Waals surface area (Å²) in [4.78, 5) is 10.2. The maximum absolute atomic E-state index is 6.03. The van der Waals surface area contributed by atoms with Crippen molar-refractivity contribution in [3.63, 3.8) is 0 Å². The number of nitrogens with one attached hydrogen (secondary N) is 3. The van der Waals surface area contributed by atoms with E-state index in [-0.39, 0.29) is 0 Å². The molecule has 27 heavy (non-hydrogen) atoms. The van der Waals surface area contributed by atoms with E-state index in [2.05, 4.69) is 30.8 Å². The summed E-state index contributed by atoms with van der Waals surface area (Å²) in [6.45, 7) is 8.53. The number of pyridine rings is 2. The summed E-state index contributed by atoms with van der Waals surface area (Å²) in [5.41, 5.74) is 0. The molecule has 0 amide bonds. The summed E-state index contributed by atoms with van der Waals surface area (Å²) in [7, 11) is 0. The van der Waals surface area contributed by atoms with Gasteiger partial charge in [0.15, 0.2) is 0 Å². The molecule has 0 saturated carbocycles. The van der Waals surface area contributed by atoms with Crippen molar-refractivity contribution in [2.24, 2.45) is 0 Å². The topological polar surface area (TPSA) is 65.1 Å². The molecule has 0 unspecified atom stereocenters. The van der Waals surface area contributed by atoms with Gasteiger partial charge in [-0.25, -0.2) is 9.97 Å². The van der Waals surface area contributed by atoms with Gasteiger partial charge in [0.2, 0.25) is 0 Å². The lowest BCUT2D eigenvalue weighted by atomic mass is 10.3. The summed E-state index contributed by atoms with van der Waals surface area (Å²) in [6.07, 6.45) is 3.37. The molecule has 2 aromatic heterocycles. The maximum atomic E-state index is 6.03. The van der Waals surface area contributed by atoms with Gasteiger partial charge in [-0.3, -0.25) is 0 Å². The Bertz CT molecular complexity index is 631. The van der Waals surface area contributed by atoms with Crippen LogP contribution in [0.2, 0.25) is 15.2 Å². The highest BCUT2D eigenvalue weighted by molar-refractivity contribution is 6.41. The van der Waals surface area contributed by atoms with E-state index in [4.69, 9.17) is 34.8 Å². The molecule has 2 aliphatic rings. The van der Waals surface area contributed by atoms with Crippen LogP contribution in [-0.4, -0.2) is 62.3 Å². The molecule has 0 radical (unpaired) electrons. The van der Waals surface area contributed by atoms with Crippen LogP contribution in [0.5, 0.6) is 0 Å². The Kier molecular flexibility index (Phi) is 10.7.